The lowest BCUT2D eigenvalue weighted by Crippen LogP contribution is -2.37. The number of fused-ring (bicyclic) bond motifs is 1. The van der Waals surface area contributed by atoms with Crippen molar-refractivity contribution in [3.8, 4) is 5.75 Å². The third-order valence-corrected chi connectivity index (χ3v) is 6.77. The molecule has 2 heterocycles. The average Bonchev–Trinajstić information content (AvgIpc) is 3.52. The molecule has 0 radical (unpaired) electrons. The minimum atomic E-state index is -0.696. The number of nitrogens with one attached hydrogen (secondary N) is 1. The molecule has 2 N–H and O–H groups in total. The SMILES string of the molecule is COc1ccc(Cl)cc1/C(O)=C1\C(=O)C(=O)N(C2CCCC2)C1c1c[nH]c2ccccc12. The van der Waals surface area contributed by atoms with E-state index in [4.69, 9.17) is 16.3 Å². The molecule has 0 spiro atoms. The number of Topliss-reactive ketones (excluding diaryl/α,β-unsaturated/α-hetero) is 1. The topological polar surface area (TPSA) is 82.6 Å². The summed E-state index contributed by atoms with van der Waals surface area (Å²) in [5, 5.41) is 12.7. The summed E-state index contributed by atoms with van der Waals surface area (Å²) >= 11 is 6.18. The van der Waals surface area contributed by atoms with E-state index in [0.717, 1.165) is 42.1 Å². The molecule has 1 saturated carbocycles. The summed E-state index contributed by atoms with van der Waals surface area (Å²) < 4.78 is 5.40. The van der Waals surface area contributed by atoms with Gasteiger partial charge in [-0.25, -0.2) is 0 Å². The number of hydrogen-bond acceptors (Lipinski definition) is 4. The van der Waals surface area contributed by atoms with Crippen LogP contribution in [0.15, 0.2) is 54.2 Å². The van der Waals surface area contributed by atoms with Crippen molar-refractivity contribution in [2.24, 2.45) is 0 Å². The molecule has 1 aliphatic carbocycles. The Morgan fingerprint density at radius 2 is 1.91 bits per heavy atom. The number of rotatable bonds is 4. The molecule has 0 bridgehead atoms. The molecule has 2 aliphatic rings. The highest BCUT2D eigenvalue weighted by Crippen LogP contribution is 2.46. The zero-order chi connectivity index (χ0) is 22.4. The number of benzene rings is 2. The van der Waals surface area contributed by atoms with Gasteiger partial charge in [-0.2, -0.15) is 0 Å². The quantitative estimate of drug-likeness (QED) is 0.325. The van der Waals surface area contributed by atoms with Gasteiger partial charge in [0.05, 0.1) is 24.3 Å². The number of carbonyl (C=O) groups is 2. The maximum Gasteiger partial charge on any atom is 0.295 e. The van der Waals surface area contributed by atoms with Crippen LogP contribution in [0.5, 0.6) is 5.75 Å². The van der Waals surface area contributed by atoms with Crippen molar-refractivity contribution in [3.63, 3.8) is 0 Å². The number of methoxy groups -OCH3 is 1. The number of aliphatic hydroxyl groups is 1. The van der Waals surface area contributed by atoms with Crippen molar-refractivity contribution in [1.29, 1.82) is 0 Å². The summed E-state index contributed by atoms with van der Waals surface area (Å²) in [5.41, 5.74) is 2.04. The van der Waals surface area contributed by atoms with Crippen molar-refractivity contribution in [2.75, 3.05) is 7.11 Å². The lowest BCUT2D eigenvalue weighted by atomic mass is 9.94. The average molecular weight is 451 g/mol. The molecule has 6 nitrogen and oxygen atoms in total. The molecular weight excluding hydrogens is 428 g/mol. The number of likely N-dealkylation sites (tertiary alicyclic amines) is 1. The van der Waals surface area contributed by atoms with Gasteiger partial charge in [-0.15, -0.1) is 0 Å². The van der Waals surface area contributed by atoms with Crippen molar-refractivity contribution in [1.82, 2.24) is 9.88 Å². The summed E-state index contributed by atoms with van der Waals surface area (Å²) in [4.78, 5) is 31.5. The largest absolute Gasteiger partial charge is 0.507 e. The second-order valence-corrected chi connectivity index (χ2v) is 8.72. The fourth-order valence-electron chi connectivity index (χ4n) is 5.04. The summed E-state index contributed by atoms with van der Waals surface area (Å²) in [6, 6.07) is 11.8. The van der Waals surface area contributed by atoms with Crippen LogP contribution < -0.4 is 4.74 Å². The number of hydrogen-bond donors (Lipinski definition) is 2. The van der Waals surface area contributed by atoms with Gasteiger partial charge >= 0.3 is 0 Å². The van der Waals surface area contributed by atoms with Crippen LogP contribution in [-0.2, 0) is 9.59 Å². The number of para-hydroxylation sites is 1. The Morgan fingerprint density at radius 1 is 1.16 bits per heavy atom. The fourth-order valence-corrected chi connectivity index (χ4v) is 5.22. The lowest BCUT2D eigenvalue weighted by Gasteiger charge is -2.30. The van der Waals surface area contributed by atoms with Crippen LogP contribution in [0.25, 0.3) is 16.7 Å². The normalized spacial score (nSPS) is 21.1. The molecule has 2 fully saturated rings. The van der Waals surface area contributed by atoms with Crippen molar-refractivity contribution in [2.45, 2.75) is 37.8 Å². The number of nitrogens with zero attached hydrogens (tertiary/aromatic N) is 1. The van der Waals surface area contributed by atoms with E-state index in [-0.39, 0.29) is 22.9 Å². The standard InChI is InChI=1S/C25H23ClN2O4/c1-32-20-11-10-14(26)12-17(20)23(29)21-22(18-13-27-19-9-5-4-8-16(18)19)28(25(31)24(21)30)15-6-2-3-7-15/h4-5,8-13,15,22,27,29H,2-3,6-7H2,1H3/b23-21+. The molecule has 164 valence electrons. The van der Waals surface area contributed by atoms with Crippen LogP contribution in [0, 0.1) is 0 Å². The molecule has 1 amide bonds. The molecule has 1 aromatic heterocycles. The number of amides is 1. The van der Waals surface area contributed by atoms with E-state index in [2.05, 4.69) is 4.98 Å². The van der Waals surface area contributed by atoms with Crippen LogP contribution in [-0.4, -0.2) is 39.8 Å². The van der Waals surface area contributed by atoms with Gasteiger partial charge in [-0.3, -0.25) is 9.59 Å². The Labute approximate surface area is 190 Å². The third-order valence-electron chi connectivity index (χ3n) is 6.53. The van der Waals surface area contributed by atoms with Gasteiger partial charge in [-0.05, 0) is 37.1 Å². The van der Waals surface area contributed by atoms with E-state index in [1.54, 1.807) is 23.1 Å². The first-order chi connectivity index (χ1) is 15.5. The highest BCUT2D eigenvalue weighted by atomic mass is 35.5. The first-order valence-electron chi connectivity index (χ1n) is 10.7. The summed E-state index contributed by atoms with van der Waals surface area (Å²) in [5.74, 6) is -1.17. The van der Waals surface area contributed by atoms with Gasteiger partial charge in [0.25, 0.3) is 11.7 Å². The van der Waals surface area contributed by atoms with Crippen LogP contribution in [0.3, 0.4) is 0 Å². The summed E-state index contributed by atoms with van der Waals surface area (Å²) in [6.07, 6.45) is 5.53. The van der Waals surface area contributed by atoms with Crippen LogP contribution in [0.4, 0.5) is 0 Å². The third kappa shape index (κ3) is 3.17. The molecule has 1 unspecified atom stereocenters. The number of aliphatic hydroxyl groups excluding tert-OH is 1. The minimum absolute atomic E-state index is 0.0448. The van der Waals surface area contributed by atoms with Gasteiger partial charge in [0, 0.05) is 33.7 Å². The Morgan fingerprint density at radius 3 is 2.66 bits per heavy atom. The summed E-state index contributed by atoms with van der Waals surface area (Å²) in [6.45, 7) is 0. The van der Waals surface area contributed by atoms with Crippen molar-refractivity contribution < 1.29 is 19.4 Å². The van der Waals surface area contributed by atoms with E-state index in [1.807, 2.05) is 30.5 Å². The number of carbonyl (C=O) groups excluding carboxylic acids is 2. The second kappa shape index (κ2) is 8.02. The number of halogens is 1. The van der Waals surface area contributed by atoms with Gasteiger partial charge in [-0.1, -0.05) is 42.6 Å². The molecule has 7 heteroatoms. The van der Waals surface area contributed by atoms with Gasteiger partial charge in [0.15, 0.2) is 0 Å². The van der Waals surface area contributed by atoms with Gasteiger partial charge in [0.2, 0.25) is 0 Å². The molecule has 1 aliphatic heterocycles. The smallest absolute Gasteiger partial charge is 0.295 e. The van der Waals surface area contributed by atoms with E-state index in [9.17, 15) is 14.7 Å². The summed E-state index contributed by atoms with van der Waals surface area (Å²) in [7, 11) is 1.48. The molecule has 2 aromatic carbocycles. The van der Waals surface area contributed by atoms with Crippen LogP contribution >= 0.6 is 11.6 Å². The number of ether oxygens (including phenoxy) is 1. The fraction of sp³-hybridized carbons (Fsp3) is 0.280. The number of H-pyrrole nitrogens is 1. The van der Waals surface area contributed by atoms with Gasteiger partial charge < -0.3 is 19.7 Å². The Bertz CT molecular complexity index is 1260. The lowest BCUT2D eigenvalue weighted by molar-refractivity contribution is -0.141. The Kier molecular flexibility index (Phi) is 5.18. The molecule has 1 atom stereocenters. The highest BCUT2D eigenvalue weighted by Gasteiger charge is 2.50. The first-order valence-corrected chi connectivity index (χ1v) is 11.1. The maximum absolute atomic E-state index is 13.3. The molecular formula is C25H23ClN2O4. The van der Waals surface area contributed by atoms with Crippen molar-refractivity contribution in [3.05, 3.63) is 70.4 Å². The van der Waals surface area contributed by atoms with E-state index in [1.165, 1.54) is 7.11 Å². The predicted molar refractivity (Wildman–Crippen MR) is 123 cm³/mol. The predicted octanol–water partition coefficient (Wildman–Crippen LogP) is 5.19. The molecule has 5 rings (SSSR count). The monoisotopic (exact) mass is 450 g/mol. The first kappa shape index (κ1) is 20.6. The van der Waals surface area contributed by atoms with E-state index >= 15 is 0 Å². The second-order valence-electron chi connectivity index (χ2n) is 8.28. The van der Waals surface area contributed by atoms with E-state index in [0.29, 0.717) is 10.8 Å². The van der Waals surface area contributed by atoms with Crippen LogP contribution in [0.2, 0.25) is 5.02 Å². The van der Waals surface area contributed by atoms with E-state index < -0.39 is 17.7 Å². The minimum Gasteiger partial charge on any atom is -0.507 e. The Hall–Kier alpha value is -3.25. The van der Waals surface area contributed by atoms with Crippen molar-refractivity contribution >= 4 is 40.0 Å². The maximum atomic E-state index is 13.3. The van der Waals surface area contributed by atoms with Crippen LogP contribution in [0.1, 0.15) is 42.9 Å². The molecule has 1 saturated heterocycles. The number of aromatic amines is 1. The Balaban J connectivity index is 1.76. The van der Waals surface area contributed by atoms with Gasteiger partial charge in [0.1, 0.15) is 11.5 Å². The molecule has 32 heavy (non-hydrogen) atoms. The zero-order valence-corrected chi connectivity index (χ0v) is 18.4. The number of ketones is 1. The highest BCUT2D eigenvalue weighted by molar-refractivity contribution is 6.47. The zero-order valence-electron chi connectivity index (χ0n) is 17.6. The number of aromatic nitrogens is 1. The molecule has 3 aromatic rings.